The first-order valence-electron chi connectivity index (χ1n) is 16.9. The summed E-state index contributed by atoms with van der Waals surface area (Å²) in [4.78, 5) is 51.7. The molecular weight excluding hydrogens is 584 g/mol. The fraction of sp³-hybridized carbons (Fsp3) is 0.639. The Morgan fingerprint density at radius 3 is 2.35 bits per heavy atom. The van der Waals surface area contributed by atoms with E-state index in [1.165, 1.54) is 0 Å². The Morgan fingerprint density at radius 2 is 1.74 bits per heavy atom. The lowest BCUT2D eigenvalue weighted by atomic mass is 9.62. The molecule has 0 saturated carbocycles. The number of ether oxygens (including phenoxy) is 2. The van der Waals surface area contributed by atoms with E-state index in [2.05, 4.69) is 25.0 Å². The van der Waals surface area contributed by atoms with Crippen molar-refractivity contribution in [3.8, 4) is 0 Å². The number of carbonyl (C=O) groups is 3. The number of aliphatic hydroxyl groups excluding tert-OH is 1. The second-order valence-electron chi connectivity index (χ2n) is 13.6. The van der Waals surface area contributed by atoms with Gasteiger partial charge in [-0.05, 0) is 37.7 Å². The molecule has 4 heterocycles. The predicted octanol–water partition coefficient (Wildman–Crippen LogP) is 2.37. The van der Waals surface area contributed by atoms with E-state index in [4.69, 9.17) is 9.47 Å². The molecule has 252 valence electrons. The number of hydrogen-bond acceptors (Lipinski definition) is 7. The van der Waals surface area contributed by atoms with Crippen molar-refractivity contribution in [3.05, 3.63) is 61.2 Å². The van der Waals surface area contributed by atoms with Crippen molar-refractivity contribution in [3.63, 3.8) is 0 Å². The summed E-state index contributed by atoms with van der Waals surface area (Å²) in [5, 5.41) is 10.8. The van der Waals surface area contributed by atoms with Gasteiger partial charge in [-0.25, -0.2) is 0 Å². The lowest BCUT2D eigenvalue weighted by Gasteiger charge is -2.40. The quantitative estimate of drug-likeness (QED) is 0.295. The van der Waals surface area contributed by atoms with E-state index in [-0.39, 0.29) is 30.2 Å². The first kappa shape index (κ1) is 34.3. The number of carbonyl (C=O) groups excluding carboxylic acids is 3. The Hall–Kier alpha value is -3.05. The lowest BCUT2D eigenvalue weighted by molar-refractivity contribution is -0.157. The van der Waals surface area contributed by atoms with E-state index in [1.807, 2.05) is 44.2 Å². The normalized spacial score (nSPS) is 31.0. The maximum atomic E-state index is 15.0. The average molecular weight is 637 g/mol. The van der Waals surface area contributed by atoms with Crippen molar-refractivity contribution in [1.82, 2.24) is 19.6 Å². The maximum Gasteiger partial charge on any atom is 0.248 e. The first-order valence-corrected chi connectivity index (χ1v) is 16.9. The first-order chi connectivity index (χ1) is 22.2. The highest BCUT2D eigenvalue weighted by Gasteiger charge is 2.80. The fourth-order valence-corrected chi connectivity index (χ4v) is 8.48. The van der Waals surface area contributed by atoms with Crippen LogP contribution in [-0.4, -0.2) is 131 Å². The maximum absolute atomic E-state index is 15.0. The number of morpholine rings is 1. The molecule has 5 rings (SSSR count). The van der Waals surface area contributed by atoms with Crippen LogP contribution in [0.2, 0.25) is 0 Å². The molecule has 0 radical (unpaired) electrons. The van der Waals surface area contributed by atoms with Crippen molar-refractivity contribution in [1.29, 1.82) is 0 Å². The van der Waals surface area contributed by atoms with Crippen LogP contribution >= 0.6 is 0 Å². The van der Waals surface area contributed by atoms with Gasteiger partial charge < -0.3 is 29.3 Å². The topological polar surface area (TPSA) is 103 Å². The summed E-state index contributed by atoms with van der Waals surface area (Å²) in [7, 11) is 0. The average Bonchev–Trinajstić information content (AvgIpc) is 3.58. The van der Waals surface area contributed by atoms with Crippen molar-refractivity contribution >= 4 is 17.7 Å². The molecule has 2 bridgehead atoms. The summed E-state index contributed by atoms with van der Waals surface area (Å²) in [6.45, 7) is 18.7. The molecule has 1 aromatic carbocycles. The van der Waals surface area contributed by atoms with Gasteiger partial charge in [-0.15, -0.1) is 13.2 Å². The second kappa shape index (κ2) is 14.4. The molecule has 3 unspecified atom stereocenters. The third-order valence-electron chi connectivity index (χ3n) is 10.8. The van der Waals surface area contributed by atoms with Crippen LogP contribution in [0.3, 0.4) is 0 Å². The second-order valence-corrected chi connectivity index (χ2v) is 13.6. The van der Waals surface area contributed by atoms with E-state index in [0.29, 0.717) is 58.8 Å². The van der Waals surface area contributed by atoms with Crippen molar-refractivity contribution in [2.75, 3.05) is 65.6 Å². The Bertz CT molecular complexity index is 1270. The summed E-state index contributed by atoms with van der Waals surface area (Å²) in [5.74, 6) is -2.32. The molecule has 7 atom stereocenters. The van der Waals surface area contributed by atoms with E-state index in [1.54, 1.807) is 26.9 Å². The van der Waals surface area contributed by atoms with Gasteiger partial charge in [-0.3, -0.25) is 19.3 Å². The van der Waals surface area contributed by atoms with Crippen LogP contribution in [0.25, 0.3) is 0 Å². The largest absolute Gasteiger partial charge is 0.394 e. The van der Waals surface area contributed by atoms with E-state index in [9.17, 15) is 19.5 Å². The van der Waals surface area contributed by atoms with Crippen LogP contribution in [0.15, 0.2) is 55.6 Å². The molecule has 4 aliphatic heterocycles. The minimum Gasteiger partial charge on any atom is -0.394 e. The molecule has 1 N–H and O–H groups in total. The molecule has 10 heteroatoms. The molecule has 4 fully saturated rings. The van der Waals surface area contributed by atoms with Gasteiger partial charge in [-0.1, -0.05) is 56.3 Å². The number of rotatable bonds is 15. The molecule has 1 spiro atoms. The molecule has 0 aromatic heterocycles. The van der Waals surface area contributed by atoms with E-state index in [0.717, 1.165) is 25.1 Å². The van der Waals surface area contributed by atoms with Gasteiger partial charge in [0.25, 0.3) is 0 Å². The minimum absolute atomic E-state index is 0.0733. The number of hydrogen-bond donors (Lipinski definition) is 1. The van der Waals surface area contributed by atoms with Crippen molar-refractivity contribution < 1.29 is 29.0 Å². The Labute approximate surface area is 274 Å². The standard InChI is InChI=1S/C36H52N4O6/c1-6-14-38(15-7-2)32(42)29-30-33(43)40(28(25-41)23-27-12-10-9-11-13-27)31(36(30)24-26(4)35(29,5)46-36)34(44)39(16-8-3)18-17-37-19-21-45-22-20-37/h6,8-13,26,28-31,41H,1,3,7,14-25H2,2,4-5H3/t26?,28-,29+,30+,31?,35-,36?/m1/s1. The Morgan fingerprint density at radius 1 is 1.09 bits per heavy atom. The van der Waals surface area contributed by atoms with Gasteiger partial charge in [0.05, 0.1) is 43.3 Å². The zero-order chi connectivity index (χ0) is 33.1. The van der Waals surface area contributed by atoms with Gasteiger partial charge in [0.15, 0.2) is 0 Å². The number of fused-ring (bicyclic) bond motifs is 1. The summed E-state index contributed by atoms with van der Waals surface area (Å²) >= 11 is 0. The van der Waals surface area contributed by atoms with Gasteiger partial charge >= 0.3 is 0 Å². The van der Waals surface area contributed by atoms with Crippen LogP contribution in [0.5, 0.6) is 0 Å². The monoisotopic (exact) mass is 636 g/mol. The number of benzene rings is 1. The Kier molecular flexibility index (Phi) is 10.7. The molecule has 0 aliphatic carbocycles. The number of amides is 3. The SMILES string of the molecule is C=CCN(CCN1CCOCC1)C(=O)C1N([C@@H](CO)Cc2ccccc2)C(=O)[C@@H]2[C@@H](C(=O)N(CC=C)CCC)[C@]3(C)OC12CC3C. The summed E-state index contributed by atoms with van der Waals surface area (Å²) < 4.78 is 12.5. The molecular formula is C36H52N4O6. The van der Waals surface area contributed by atoms with E-state index < -0.39 is 35.1 Å². The molecule has 1 aromatic rings. The van der Waals surface area contributed by atoms with Gasteiger partial charge in [-0.2, -0.15) is 0 Å². The van der Waals surface area contributed by atoms with E-state index >= 15 is 0 Å². The van der Waals surface area contributed by atoms with Crippen LogP contribution in [0.1, 0.15) is 39.2 Å². The van der Waals surface area contributed by atoms with Gasteiger partial charge in [0.1, 0.15) is 11.6 Å². The molecule has 4 aliphatic rings. The number of nitrogens with zero attached hydrogens (tertiary/aromatic N) is 4. The van der Waals surface area contributed by atoms with Gasteiger partial charge in [0, 0.05) is 45.8 Å². The minimum atomic E-state index is -1.20. The molecule has 10 nitrogen and oxygen atoms in total. The highest BCUT2D eigenvalue weighted by molar-refractivity contribution is 5.99. The summed E-state index contributed by atoms with van der Waals surface area (Å²) in [6, 6.07) is 8.03. The number of aliphatic hydroxyl groups is 1. The molecule has 46 heavy (non-hydrogen) atoms. The van der Waals surface area contributed by atoms with Crippen LogP contribution < -0.4 is 0 Å². The third kappa shape index (κ3) is 6.05. The zero-order valence-corrected chi connectivity index (χ0v) is 27.8. The van der Waals surface area contributed by atoms with Crippen LogP contribution in [0, 0.1) is 17.8 Å². The number of likely N-dealkylation sites (tertiary alicyclic amines) is 1. The summed E-state index contributed by atoms with van der Waals surface area (Å²) in [6.07, 6.45) is 5.03. The third-order valence-corrected chi connectivity index (χ3v) is 10.8. The van der Waals surface area contributed by atoms with Crippen molar-refractivity contribution in [2.24, 2.45) is 17.8 Å². The molecule has 3 amide bonds. The Balaban J connectivity index is 1.57. The van der Waals surface area contributed by atoms with Gasteiger partial charge in [0.2, 0.25) is 17.7 Å². The smallest absolute Gasteiger partial charge is 0.248 e. The highest BCUT2D eigenvalue weighted by atomic mass is 16.5. The lowest BCUT2D eigenvalue weighted by Crippen LogP contribution is -2.60. The van der Waals surface area contributed by atoms with Crippen LogP contribution in [0.4, 0.5) is 0 Å². The zero-order valence-electron chi connectivity index (χ0n) is 27.8. The predicted molar refractivity (Wildman–Crippen MR) is 176 cm³/mol. The van der Waals surface area contributed by atoms with Crippen LogP contribution in [-0.2, 0) is 30.3 Å². The fourth-order valence-electron chi connectivity index (χ4n) is 8.48. The highest BCUT2D eigenvalue weighted by Crippen LogP contribution is 2.65. The summed E-state index contributed by atoms with van der Waals surface area (Å²) in [5.41, 5.74) is -1.17. The molecule has 4 saturated heterocycles. The van der Waals surface area contributed by atoms with Crippen molar-refractivity contribution in [2.45, 2.75) is 63.3 Å².